The topological polar surface area (TPSA) is 76.7 Å². The van der Waals surface area contributed by atoms with Crippen LogP contribution in [-0.2, 0) is 0 Å². The van der Waals surface area contributed by atoms with Crippen LogP contribution in [0.3, 0.4) is 0 Å². The summed E-state index contributed by atoms with van der Waals surface area (Å²) in [4.78, 5) is 18.3. The number of benzene rings is 8. The van der Waals surface area contributed by atoms with Crippen LogP contribution in [0, 0.1) is 17.9 Å². The number of aromatic nitrogens is 5. The van der Waals surface area contributed by atoms with Crippen LogP contribution in [0.25, 0.3) is 105 Å². The van der Waals surface area contributed by atoms with Crippen molar-refractivity contribution in [1.82, 2.24) is 24.1 Å². The van der Waals surface area contributed by atoms with Crippen LogP contribution >= 0.6 is 0 Å². The Morgan fingerprint density at radius 3 is 1.60 bits per heavy atom. The van der Waals surface area contributed by atoms with Gasteiger partial charge in [-0.05, 0) is 59.7 Å². The summed E-state index contributed by atoms with van der Waals surface area (Å²) in [6.07, 6.45) is 0. The number of hydrogen-bond acceptors (Lipinski definition) is 4. The number of fused-ring (bicyclic) bond motifs is 7. The van der Waals surface area contributed by atoms with Crippen LogP contribution < -0.4 is 0 Å². The van der Waals surface area contributed by atoms with Crippen LogP contribution in [-0.4, -0.2) is 24.1 Å². The lowest BCUT2D eigenvalue weighted by atomic mass is 10.0. The van der Waals surface area contributed by atoms with Crippen molar-refractivity contribution in [2.75, 3.05) is 0 Å². The van der Waals surface area contributed by atoms with E-state index < -0.39 is 0 Å². The molecule has 7 nitrogen and oxygen atoms in total. The van der Waals surface area contributed by atoms with Crippen molar-refractivity contribution >= 4 is 49.3 Å². The molecule has 0 aliphatic carbocycles. The molecule has 3 aromatic heterocycles. The van der Waals surface area contributed by atoms with Gasteiger partial charge in [0.05, 0.1) is 39.9 Å². The Labute approximate surface area is 345 Å². The summed E-state index contributed by atoms with van der Waals surface area (Å²) in [7, 11) is 0. The molecule has 0 amide bonds. The van der Waals surface area contributed by atoms with E-state index in [-0.39, 0.29) is 0 Å². The van der Waals surface area contributed by atoms with Gasteiger partial charge in [0.2, 0.25) is 0 Å². The smallest absolute Gasteiger partial charge is 0.187 e. The zero-order valence-corrected chi connectivity index (χ0v) is 32.0. The Balaban J connectivity index is 1.11. The molecule has 3 heterocycles. The first-order chi connectivity index (χ1) is 29.7. The second kappa shape index (κ2) is 14.1. The van der Waals surface area contributed by atoms with Gasteiger partial charge in [-0.25, -0.2) is 19.8 Å². The largest absolute Gasteiger partial charge is 0.309 e. The zero-order valence-electron chi connectivity index (χ0n) is 32.0. The van der Waals surface area contributed by atoms with Crippen molar-refractivity contribution in [2.24, 2.45) is 0 Å². The Morgan fingerprint density at radius 1 is 0.450 bits per heavy atom. The van der Waals surface area contributed by atoms with E-state index in [1.54, 1.807) is 0 Å². The Bertz CT molecular complexity index is 3480. The van der Waals surface area contributed by atoms with E-state index in [1.165, 1.54) is 0 Å². The zero-order chi connectivity index (χ0) is 40.2. The predicted octanol–water partition coefficient (Wildman–Crippen LogP) is 13.2. The maximum Gasteiger partial charge on any atom is 0.187 e. The molecule has 0 spiro atoms. The fourth-order valence-corrected chi connectivity index (χ4v) is 8.47. The third kappa shape index (κ3) is 5.61. The highest BCUT2D eigenvalue weighted by Crippen LogP contribution is 2.43. The monoisotopic (exact) mass is 765 g/mol. The molecule has 11 aromatic rings. The molecule has 11 rings (SSSR count). The van der Waals surface area contributed by atoms with Crippen LogP contribution in [0.5, 0.6) is 0 Å². The van der Waals surface area contributed by atoms with E-state index in [9.17, 15) is 5.26 Å². The summed E-state index contributed by atoms with van der Waals surface area (Å²) < 4.78 is 4.57. The van der Waals surface area contributed by atoms with Crippen molar-refractivity contribution in [1.29, 1.82) is 5.26 Å². The summed E-state index contributed by atoms with van der Waals surface area (Å²) in [5.74, 6) is 1.62. The third-order valence-corrected chi connectivity index (χ3v) is 11.2. The summed E-state index contributed by atoms with van der Waals surface area (Å²) >= 11 is 0. The Kier molecular flexibility index (Phi) is 8.11. The summed E-state index contributed by atoms with van der Waals surface area (Å²) in [5.41, 5.74) is 11.7. The molecule has 0 saturated carbocycles. The van der Waals surface area contributed by atoms with E-state index >= 15 is 0 Å². The van der Waals surface area contributed by atoms with Gasteiger partial charge in [-0.2, -0.15) is 5.26 Å². The van der Waals surface area contributed by atoms with Gasteiger partial charge in [0, 0.05) is 43.9 Å². The van der Waals surface area contributed by atoms with E-state index in [4.69, 9.17) is 21.5 Å². The van der Waals surface area contributed by atoms with Crippen molar-refractivity contribution in [3.05, 3.63) is 205 Å². The Morgan fingerprint density at radius 2 is 0.983 bits per heavy atom. The first-order valence-corrected chi connectivity index (χ1v) is 19.6. The molecule has 0 unspecified atom stereocenters. The number of para-hydroxylation sites is 2. The SMILES string of the molecule is [C-]#[N+]c1ccc(-c2ccc(-n3c4ccccc4c4c3ccc3c5ccccc5n(-c5ccc(-c6nc(-c7ccccc7)nc(-c7ccccc7)n6)cc5C#N)c34)cc2)cc1. The number of rotatable bonds is 6. The summed E-state index contributed by atoms with van der Waals surface area (Å²) in [6.45, 7) is 7.33. The fraction of sp³-hybridized carbons (Fsp3) is 0. The van der Waals surface area contributed by atoms with Crippen LogP contribution in [0.4, 0.5) is 5.69 Å². The first-order valence-electron chi connectivity index (χ1n) is 19.6. The van der Waals surface area contributed by atoms with Crippen LogP contribution in [0.2, 0.25) is 0 Å². The minimum Gasteiger partial charge on any atom is -0.309 e. The molecule has 60 heavy (non-hydrogen) atoms. The molecular formula is C53H31N7. The van der Waals surface area contributed by atoms with Gasteiger partial charge >= 0.3 is 0 Å². The molecular weight excluding hydrogens is 735 g/mol. The summed E-state index contributed by atoms with van der Waals surface area (Å²) in [5, 5.41) is 15.4. The standard InChI is InChI=1S/C53H31N7/c1-55-40-25-20-34(21-26-40)35-22-27-41(28-23-35)59-47-19-11-9-17-44(47)49-48(59)31-29-43-42-16-8-10-18-46(42)60(50(43)49)45-30-24-38(32-39(45)33-54)53-57-51(36-12-4-2-5-13-36)56-52(58-53)37-14-6-3-7-15-37/h2-32H. The average molecular weight is 766 g/mol. The van der Waals surface area contributed by atoms with Crippen LogP contribution in [0.15, 0.2) is 188 Å². The predicted molar refractivity (Wildman–Crippen MR) is 241 cm³/mol. The minimum atomic E-state index is 0.491. The molecule has 0 aliphatic rings. The van der Waals surface area contributed by atoms with Gasteiger partial charge in [0.25, 0.3) is 0 Å². The lowest BCUT2D eigenvalue weighted by Gasteiger charge is -2.13. The Hall–Kier alpha value is -8.65. The van der Waals surface area contributed by atoms with E-state index in [1.807, 2.05) is 103 Å². The second-order valence-corrected chi connectivity index (χ2v) is 14.6. The molecule has 0 saturated heterocycles. The van der Waals surface area contributed by atoms with Gasteiger partial charge in [-0.1, -0.05) is 140 Å². The van der Waals surface area contributed by atoms with E-state index in [0.29, 0.717) is 28.7 Å². The number of nitrogens with zero attached hydrogens (tertiary/aromatic N) is 7. The van der Waals surface area contributed by atoms with Crippen molar-refractivity contribution < 1.29 is 0 Å². The van der Waals surface area contributed by atoms with Crippen molar-refractivity contribution in [3.63, 3.8) is 0 Å². The molecule has 8 aromatic carbocycles. The van der Waals surface area contributed by atoms with Crippen molar-refractivity contribution in [3.8, 4) is 62.7 Å². The molecule has 0 N–H and O–H groups in total. The van der Waals surface area contributed by atoms with Gasteiger partial charge < -0.3 is 9.13 Å². The fourth-order valence-electron chi connectivity index (χ4n) is 8.47. The molecule has 0 bridgehead atoms. The van der Waals surface area contributed by atoms with Gasteiger partial charge in [0.1, 0.15) is 6.07 Å². The number of hydrogen-bond donors (Lipinski definition) is 0. The minimum absolute atomic E-state index is 0.491. The quantitative estimate of drug-likeness (QED) is 0.158. The van der Waals surface area contributed by atoms with E-state index in [2.05, 4.69) is 105 Å². The molecule has 278 valence electrons. The highest BCUT2D eigenvalue weighted by atomic mass is 15.0. The molecule has 0 atom stereocenters. The lowest BCUT2D eigenvalue weighted by molar-refractivity contribution is 1.07. The maximum atomic E-state index is 10.9. The highest BCUT2D eigenvalue weighted by molar-refractivity contribution is 6.26. The average Bonchev–Trinajstić information content (AvgIpc) is 3.85. The third-order valence-electron chi connectivity index (χ3n) is 11.2. The van der Waals surface area contributed by atoms with Gasteiger partial charge in [-0.15, -0.1) is 0 Å². The second-order valence-electron chi connectivity index (χ2n) is 14.6. The maximum absolute atomic E-state index is 10.9. The van der Waals surface area contributed by atoms with Gasteiger partial charge in [0.15, 0.2) is 23.2 Å². The molecule has 0 aliphatic heterocycles. The first kappa shape index (κ1) is 34.6. The molecule has 0 radical (unpaired) electrons. The van der Waals surface area contributed by atoms with Crippen LogP contribution in [0.1, 0.15) is 5.56 Å². The van der Waals surface area contributed by atoms with E-state index in [0.717, 1.165) is 82.8 Å². The van der Waals surface area contributed by atoms with Gasteiger partial charge in [-0.3, -0.25) is 0 Å². The van der Waals surface area contributed by atoms with Crippen molar-refractivity contribution in [2.45, 2.75) is 0 Å². The lowest BCUT2D eigenvalue weighted by Crippen LogP contribution is -2.02. The highest BCUT2D eigenvalue weighted by Gasteiger charge is 2.23. The normalized spacial score (nSPS) is 11.3. The number of nitriles is 1. The summed E-state index contributed by atoms with van der Waals surface area (Å²) in [6, 6.07) is 65.9. The molecule has 7 heteroatoms. The molecule has 0 fully saturated rings.